The second-order valence-electron chi connectivity index (χ2n) is 25.5. The van der Waals surface area contributed by atoms with Gasteiger partial charge >= 0.3 is 35.0 Å². The van der Waals surface area contributed by atoms with Crippen LogP contribution in [0.5, 0.6) is 17.2 Å². The SMILES string of the molecule is CC(C)(C)c1cc(CCC(=O)OCCn2c(=O)n(CCOC(=O)CCc3cc(-n4nc5ccccc5n4)c(O)c(C(C)(C)C)c3)c(=O)n(CCOC(=O)CCc3cc(-n4nc5ccccc5n4)c(O)c(C(C)(C)C)c3)c2=O)cc(-n2nc3c(n2)CCC=C3)c1O. The zero-order valence-electron chi connectivity index (χ0n) is 52.0. The Morgan fingerprint density at radius 2 is 0.767 bits per heavy atom. The monoisotopic (exact) mass is 1230 g/mol. The molecule has 0 amide bonds. The first-order valence-corrected chi connectivity index (χ1v) is 30.0. The number of benzene rings is 5. The number of fused-ring (bicyclic) bond motifs is 3. The summed E-state index contributed by atoms with van der Waals surface area (Å²) in [6.45, 7) is 14.7. The van der Waals surface area contributed by atoms with Crippen LogP contribution in [-0.2, 0) is 90.2 Å². The number of phenols is 3. The van der Waals surface area contributed by atoms with Crippen LogP contribution in [0.2, 0.25) is 0 Å². The Kier molecular flexibility index (Phi) is 17.9. The third-order valence-electron chi connectivity index (χ3n) is 15.6. The van der Waals surface area contributed by atoms with Gasteiger partial charge in [0.05, 0.1) is 25.3 Å². The number of rotatable bonds is 21. The molecule has 4 aromatic heterocycles. The Morgan fingerprint density at radius 3 is 1.07 bits per heavy atom. The van der Waals surface area contributed by atoms with Crippen molar-refractivity contribution in [3.05, 3.63) is 167 Å². The fourth-order valence-electron chi connectivity index (χ4n) is 10.7. The zero-order valence-corrected chi connectivity index (χ0v) is 52.0. The molecule has 24 heteroatoms. The number of aromatic hydroxyl groups is 3. The van der Waals surface area contributed by atoms with E-state index < -0.39 is 90.7 Å². The summed E-state index contributed by atoms with van der Waals surface area (Å²) in [7, 11) is 0. The Labute approximate surface area is 517 Å². The number of hydrogen-bond acceptors (Lipinski definition) is 18. The van der Waals surface area contributed by atoms with Gasteiger partial charge in [0.15, 0.2) is 0 Å². The van der Waals surface area contributed by atoms with Gasteiger partial charge in [0.25, 0.3) is 0 Å². The second kappa shape index (κ2) is 25.6. The number of aromatic nitrogens is 12. The van der Waals surface area contributed by atoms with Crippen molar-refractivity contribution in [2.45, 2.75) is 150 Å². The first kappa shape index (κ1) is 63.0. The lowest BCUT2D eigenvalue weighted by molar-refractivity contribution is -0.144. The molecule has 5 aromatic carbocycles. The van der Waals surface area contributed by atoms with Crippen molar-refractivity contribution in [1.29, 1.82) is 0 Å². The molecule has 0 spiro atoms. The van der Waals surface area contributed by atoms with E-state index in [1.165, 1.54) is 14.4 Å². The lowest BCUT2D eigenvalue weighted by Gasteiger charge is -2.23. The Hall–Kier alpha value is -10.0. The highest BCUT2D eigenvalue weighted by Crippen LogP contribution is 2.40. The van der Waals surface area contributed by atoms with Crippen LogP contribution in [0.3, 0.4) is 0 Å². The van der Waals surface area contributed by atoms with Crippen molar-refractivity contribution >= 4 is 46.1 Å². The molecule has 0 radical (unpaired) electrons. The smallest absolute Gasteiger partial charge is 0.336 e. The topological polar surface area (TPSA) is 298 Å². The molecule has 0 bridgehead atoms. The van der Waals surface area contributed by atoms with E-state index in [-0.39, 0.29) is 55.8 Å². The fourth-order valence-corrected chi connectivity index (χ4v) is 10.7. The molecule has 1 aliphatic rings. The average Bonchev–Trinajstić information content (AvgIpc) is 1.40. The first-order valence-electron chi connectivity index (χ1n) is 30.0. The quantitative estimate of drug-likeness (QED) is 0.0458. The van der Waals surface area contributed by atoms with E-state index in [2.05, 4.69) is 30.6 Å². The standard InChI is InChI=1S/C66H74N12O12/c1-64(2,3)43-34-40(37-52(58(43)82)76-67-46-16-10-11-17-47(46)68-76)22-25-55(79)88-31-28-73-61(85)74(29-32-89-56(80)26-23-41-35-44(65(4,5)6)59(83)53(38-41)77-69-48-18-12-13-19-49(48)70-77)63(87)75(62(73)86)30-33-90-57(81)27-24-42-36-45(66(7,8)9)60(84)54(39-42)78-71-50-20-14-15-21-51(50)72-78/h10-14,16-20,34-39,82-84H,15,21-33H2,1-9H3. The van der Waals surface area contributed by atoms with Gasteiger partial charge in [-0.05, 0) is 114 Å². The van der Waals surface area contributed by atoms with Gasteiger partial charge < -0.3 is 29.5 Å². The van der Waals surface area contributed by atoms with Crippen LogP contribution in [-0.4, -0.2) is 112 Å². The Bertz CT molecular complexity index is 4180. The average molecular weight is 1230 g/mol. The van der Waals surface area contributed by atoms with Crippen LogP contribution in [0.15, 0.2) is 105 Å². The molecule has 0 unspecified atom stereocenters. The van der Waals surface area contributed by atoms with Crippen molar-refractivity contribution in [2.24, 2.45) is 0 Å². The van der Waals surface area contributed by atoms with Gasteiger partial charge in [-0.3, -0.25) is 14.4 Å². The third kappa shape index (κ3) is 14.0. The van der Waals surface area contributed by atoms with E-state index in [0.29, 0.717) is 84.6 Å². The number of aryl methyl sites for hydroxylation is 4. The first-order chi connectivity index (χ1) is 42.7. The van der Waals surface area contributed by atoms with Gasteiger partial charge in [-0.2, -0.15) is 5.10 Å². The summed E-state index contributed by atoms with van der Waals surface area (Å²) in [5.74, 6) is -1.99. The van der Waals surface area contributed by atoms with Gasteiger partial charge in [-0.15, -0.1) is 39.9 Å². The third-order valence-corrected chi connectivity index (χ3v) is 15.6. The van der Waals surface area contributed by atoms with Crippen LogP contribution >= 0.6 is 0 Å². The van der Waals surface area contributed by atoms with E-state index >= 15 is 0 Å². The number of phenolic OH excluding ortho intramolecular Hbond substituents is 3. The van der Waals surface area contributed by atoms with E-state index in [4.69, 9.17) is 14.2 Å². The molecule has 24 nitrogen and oxygen atoms in total. The van der Waals surface area contributed by atoms with Crippen molar-refractivity contribution in [3.8, 4) is 34.3 Å². The van der Waals surface area contributed by atoms with E-state index in [1.54, 1.807) is 18.2 Å². The molecule has 90 heavy (non-hydrogen) atoms. The molecular formula is C66H74N12O12. The number of carbonyl (C=O) groups is 3. The molecule has 470 valence electrons. The van der Waals surface area contributed by atoms with Gasteiger partial charge in [0, 0.05) is 36.0 Å². The van der Waals surface area contributed by atoms with Gasteiger partial charge in [-0.25, -0.2) is 28.1 Å². The molecule has 0 fully saturated rings. The molecule has 0 saturated carbocycles. The van der Waals surface area contributed by atoms with Crippen LogP contribution in [0.4, 0.5) is 0 Å². The molecule has 4 heterocycles. The summed E-state index contributed by atoms with van der Waals surface area (Å²) in [4.78, 5) is 86.8. The summed E-state index contributed by atoms with van der Waals surface area (Å²) >= 11 is 0. The predicted molar refractivity (Wildman–Crippen MR) is 335 cm³/mol. The molecular weight excluding hydrogens is 1150 g/mol. The minimum Gasteiger partial charge on any atom is -0.505 e. The minimum atomic E-state index is -1.06. The highest BCUT2D eigenvalue weighted by atomic mass is 16.5. The number of hydrogen-bond donors (Lipinski definition) is 3. The molecule has 0 atom stereocenters. The van der Waals surface area contributed by atoms with Gasteiger partial charge in [0.1, 0.15) is 81.9 Å². The highest BCUT2D eigenvalue weighted by Gasteiger charge is 2.28. The summed E-state index contributed by atoms with van der Waals surface area (Å²) in [5, 5.41) is 61.8. The summed E-state index contributed by atoms with van der Waals surface area (Å²) in [5.41, 5.74) is 4.23. The molecule has 0 aliphatic heterocycles. The largest absolute Gasteiger partial charge is 0.505 e. The van der Waals surface area contributed by atoms with Crippen molar-refractivity contribution in [3.63, 3.8) is 0 Å². The van der Waals surface area contributed by atoms with Crippen LogP contribution in [0.1, 0.15) is 133 Å². The molecule has 9 aromatic rings. The van der Waals surface area contributed by atoms with Crippen LogP contribution in [0.25, 0.3) is 45.2 Å². The Morgan fingerprint density at radius 1 is 0.456 bits per heavy atom. The number of nitrogens with zero attached hydrogens (tertiary/aromatic N) is 12. The maximum Gasteiger partial charge on any atom is 0.336 e. The Balaban J connectivity index is 0.833. The number of allylic oxidation sites excluding steroid dienone is 1. The van der Waals surface area contributed by atoms with Crippen LogP contribution < -0.4 is 17.1 Å². The van der Waals surface area contributed by atoms with Gasteiger partial charge in [-0.1, -0.05) is 111 Å². The molecule has 10 rings (SSSR count). The van der Waals surface area contributed by atoms with Crippen molar-refractivity contribution in [1.82, 2.24) is 58.7 Å². The summed E-state index contributed by atoms with van der Waals surface area (Å²) < 4.78 is 18.9. The van der Waals surface area contributed by atoms with Gasteiger partial charge in [0.2, 0.25) is 0 Å². The fraction of sp³-hybridized carbons (Fsp3) is 0.394. The second-order valence-corrected chi connectivity index (χ2v) is 25.5. The predicted octanol–water partition coefficient (Wildman–Crippen LogP) is 7.72. The number of esters is 3. The lowest BCUT2D eigenvalue weighted by Crippen LogP contribution is -2.55. The summed E-state index contributed by atoms with van der Waals surface area (Å²) in [6.07, 6.45) is 5.60. The summed E-state index contributed by atoms with van der Waals surface area (Å²) in [6, 6.07) is 25.1. The van der Waals surface area contributed by atoms with E-state index in [1.807, 2.05) is 141 Å². The van der Waals surface area contributed by atoms with Crippen molar-refractivity contribution < 1.29 is 43.9 Å². The minimum absolute atomic E-state index is 0.00822. The maximum atomic E-state index is 14.2. The van der Waals surface area contributed by atoms with Crippen LogP contribution in [0, 0.1) is 0 Å². The molecule has 0 saturated heterocycles. The highest BCUT2D eigenvalue weighted by molar-refractivity contribution is 5.75. The normalized spacial score (nSPS) is 12.6. The molecule has 3 N–H and O–H groups in total. The van der Waals surface area contributed by atoms with Crippen molar-refractivity contribution in [2.75, 3.05) is 19.8 Å². The molecule has 1 aliphatic carbocycles. The number of ether oxygens (including phenoxy) is 3. The van der Waals surface area contributed by atoms with E-state index in [0.717, 1.165) is 25.8 Å². The zero-order chi connectivity index (χ0) is 64.4. The lowest BCUT2D eigenvalue weighted by atomic mass is 9.84. The number of carbonyl (C=O) groups excluding carboxylic acids is 3. The maximum absolute atomic E-state index is 14.2. The van der Waals surface area contributed by atoms with E-state index in [9.17, 15) is 44.1 Å².